The predicted octanol–water partition coefficient (Wildman–Crippen LogP) is 3.16. The van der Waals surface area contributed by atoms with Gasteiger partial charge in [-0.25, -0.2) is 9.97 Å². The van der Waals surface area contributed by atoms with E-state index in [1.165, 1.54) is 5.56 Å². The summed E-state index contributed by atoms with van der Waals surface area (Å²) in [5.74, 6) is 0.947. The molecule has 0 aliphatic heterocycles. The van der Waals surface area contributed by atoms with Crippen molar-refractivity contribution in [1.29, 1.82) is 0 Å². The highest BCUT2D eigenvalue weighted by Gasteiger charge is 2.16. The Bertz CT molecular complexity index is 675. The average molecular weight is 252 g/mol. The molecule has 2 heterocycles. The molecule has 2 aromatic heterocycles. The molecular weight excluding hydrogens is 236 g/mol. The molecule has 96 valence electrons. The number of aromatic amines is 1. The molecule has 0 spiro atoms. The summed E-state index contributed by atoms with van der Waals surface area (Å²) in [6, 6.07) is 12.7. The second kappa shape index (κ2) is 4.72. The highest BCUT2D eigenvalue weighted by atomic mass is 15.2. The first kappa shape index (κ1) is 11.7. The van der Waals surface area contributed by atoms with Crippen LogP contribution in [0.3, 0.4) is 0 Å². The second-order valence-corrected chi connectivity index (χ2v) is 4.63. The lowest BCUT2D eigenvalue weighted by Gasteiger charge is -2.26. The molecule has 4 heteroatoms. The summed E-state index contributed by atoms with van der Waals surface area (Å²) in [6.45, 7) is 2.18. The molecule has 1 atom stereocenters. The molecule has 3 aromatic rings. The van der Waals surface area contributed by atoms with E-state index in [0.29, 0.717) is 0 Å². The normalized spacial score (nSPS) is 12.5. The number of nitrogens with one attached hydrogen (secondary N) is 1. The number of hydrogen-bond acceptors (Lipinski definition) is 3. The summed E-state index contributed by atoms with van der Waals surface area (Å²) in [4.78, 5) is 13.9. The molecule has 0 amide bonds. The molecule has 1 N–H and O–H groups in total. The molecule has 0 aliphatic carbocycles. The maximum atomic E-state index is 4.42. The van der Waals surface area contributed by atoms with Gasteiger partial charge in [0.15, 0.2) is 0 Å². The SMILES string of the molecule is CC(c1ccccc1)N(C)c1ncnc2[nH]ccc12. The van der Waals surface area contributed by atoms with Crippen LogP contribution < -0.4 is 4.90 Å². The van der Waals surface area contributed by atoms with Crippen LogP contribution in [0.1, 0.15) is 18.5 Å². The van der Waals surface area contributed by atoms with Crippen molar-refractivity contribution in [3.05, 3.63) is 54.5 Å². The standard InChI is InChI=1S/C15H16N4/c1-11(12-6-4-3-5-7-12)19(2)15-13-8-9-16-14(13)17-10-18-15/h3-11H,1-2H3,(H,16,17,18). The van der Waals surface area contributed by atoms with Gasteiger partial charge < -0.3 is 9.88 Å². The lowest BCUT2D eigenvalue weighted by Crippen LogP contribution is -2.22. The fourth-order valence-corrected chi connectivity index (χ4v) is 2.28. The first-order valence-corrected chi connectivity index (χ1v) is 6.33. The zero-order valence-electron chi connectivity index (χ0n) is 11.0. The van der Waals surface area contributed by atoms with Crippen molar-refractivity contribution >= 4 is 16.9 Å². The van der Waals surface area contributed by atoms with Crippen molar-refractivity contribution < 1.29 is 0 Å². The lowest BCUT2D eigenvalue weighted by molar-refractivity contribution is 0.731. The van der Waals surface area contributed by atoms with Gasteiger partial charge in [0.2, 0.25) is 0 Å². The van der Waals surface area contributed by atoms with Gasteiger partial charge in [-0.2, -0.15) is 0 Å². The quantitative estimate of drug-likeness (QED) is 0.778. The molecule has 3 rings (SSSR count). The third kappa shape index (κ3) is 2.05. The maximum absolute atomic E-state index is 4.42. The molecule has 0 aliphatic rings. The Labute approximate surface area is 112 Å². The van der Waals surface area contributed by atoms with Gasteiger partial charge >= 0.3 is 0 Å². The molecule has 0 fully saturated rings. The monoisotopic (exact) mass is 252 g/mol. The molecular formula is C15H16N4. The van der Waals surface area contributed by atoms with Crippen LogP contribution >= 0.6 is 0 Å². The van der Waals surface area contributed by atoms with Crippen LogP contribution in [0.5, 0.6) is 0 Å². The van der Waals surface area contributed by atoms with Crippen LogP contribution in [0.15, 0.2) is 48.9 Å². The van der Waals surface area contributed by atoms with Gasteiger partial charge in [-0.1, -0.05) is 30.3 Å². The Hall–Kier alpha value is -2.36. The van der Waals surface area contributed by atoms with E-state index in [4.69, 9.17) is 0 Å². The van der Waals surface area contributed by atoms with Crippen molar-refractivity contribution in [2.24, 2.45) is 0 Å². The fraction of sp³-hybridized carbons (Fsp3) is 0.200. The summed E-state index contributed by atoms with van der Waals surface area (Å²) in [5.41, 5.74) is 2.14. The highest BCUT2D eigenvalue weighted by molar-refractivity contribution is 5.87. The van der Waals surface area contributed by atoms with Crippen LogP contribution in [-0.4, -0.2) is 22.0 Å². The Balaban J connectivity index is 2.00. The number of rotatable bonds is 3. The number of nitrogens with zero attached hydrogens (tertiary/aromatic N) is 3. The Morgan fingerprint density at radius 3 is 2.68 bits per heavy atom. The average Bonchev–Trinajstić information content (AvgIpc) is 2.95. The topological polar surface area (TPSA) is 44.8 Å². The van der Waals surface area contributed by atoms with E-state index in [-0.39, 0.29) is 6.04 Å². The lowest BCUT2D eigenvalue weighted by atomic mass is 10.1. The van der Waals surface area contributed by atoms with Crippen LogP contribution in [0, 0.1) is 0 Å². The Kier molecular flexibility index (Phi) is 2.91. The second-order valence-electron chi connectivity index (χ2n) is 4.63. The minimum atomic E-state index is 0.259. The van der Waals surface area contributed by atoms with Gasteiger partial charge in [0.25, 0.3) is 0 Å². The van der Waals surface area contributed by atoms with Gasteiger partial charge in [0.1, 0.15) is 17.8 Å². The van der Waals surface area contributed by atoms with Gasteiger partial charge in [0, 0.05) is 13.2 Å². The van der Waals surface area contributed by atoms with Crippen molar-refractivity contribution in [1.82, 2.24) is 15.0 Å². The fourth-order valence-electron chi connectivity index (χ4n) is 2.28. The summed E-state index contributed by atoms with van der Waals surface area (Å²) >= 11 is 0. The van der Waals surface area contributed by atoms with Crippen LogP contribution in [-0.2, 0) is 0 Å². The largest absolute Gasteiger partial charge is 0.352 e. The van der Waals surface area contributed by atoms with Crippen molar-refractivity contribution in [2.45, 2.75) is 13.0 Å². The van der Waals surface area contributed by atoms with E-state index < -0.39 is 0 Å². The first-order valence-electron chi connectivity index (χ1n) is 6.33. The Morgan fingerprint density at radius 2 is 1.89 bits per heavy atom. The summed E-state index contributed by atoms with van der Waals surface area (Å²) in [5, 5.41) is 1.05. The van der Waals surface area contributed by atoms with E-state index in [0.717, 1.165) is 16.9 Å². The molecule has 4 nitrogen and oxygen atoms in total. The zero-order valence-corrected chi connectivity index (χ0v) is 11.0. The van der Waals surface area contributed by atoms with Gasteiger partial charge in [-0.3, -0.25) is 0 Å². The van der Waals surface area contributed by atoms with E-state index in [1.807, 2.05) is 18.3 Å². The van der Waals surface area contributed by atoms with E-state index in [9.17, 15) is 0 Å². The molecule has 0 saturated heterocycles. The van der Waals surface area contributed by atoms with Crippen LogP contribution in [0.2, 0.25) is 0 Å². The minimum absolute atomic E-state index is 0.259. The highest BCUT2D eigenvalue weighted by Crippen LogP contribution is 2.28. The molecule has 0 saturated carbocycles. The molecule has 1 aromatic carbocycles. The zero-order chi connectivity index (χ0) is 13.2. The molecule has 19 heavy (non-hydrogen) atoms. The molecule has 0 bridgehead atoms. The van der Waals surface area contributed by atoms with Crippen molar-refractivity contribution in [3.8, 4) is 0 Å². The number of anilines is 1. The third-order valence-electron chi connectivity index (χ3n) is 3.53. The van der Waals surface area contributed by atoms with Gasteiger partial charge in [-0.05, 0) is 18.6 Å². The summed E-state index contributed by atoms with van der Waals surface area (Å²) in [6.07, 6.45) is 3.49. The van der Waals surface area contributed by atoms with E-state index >= 15 is 0 Å². The smallest absolute Gasteiger partial charge is 0.142 e. The number of aromatic nitrogens is 3. The van der Waals surface area contributed by atoms with Crippen molar-refractivity contribution in [3.63, 3.8) is 0 Å². The first-order chi connectivity index (χ1) is 9.27. The van der Waals surface area contributed by atoms with Gasteiger partial charge in [0.05, 0.1) is 11.4 Å². The number of fused-ring (bicyclic) bond motifs is 1. The van der Waals surface area contributed by atoms with Gasteiger partial charge in [-0.15, -0.1) is 0 Å². The van der Waals surface area contributed by atoms with Crippen LogP contribution in [0.4, 0.5) is 5.82 Å². The predicted molar refractivity (Wildman–Crippen MR) is 77.1 cm³/mol. The Morgan fingerprint density at radius 1 is 1.11 bits per heavy atom. The third-order valence-corrected chi connectivity index (χ3v) is 3.53. The summed E-state index contributed by atoms with van der Waals surface area (Å²) < 4.78 is 0. The van der Waals surface area contributed by atoms with Crippen molar-refractivity contribution in [2.75, 3.05) is 11.9 Å². The van der Waals surface area contributed by atoms with E-state index in [1.54, 1.807) is 6.33 Å². The minimum Gasteiger partial charge on any atom is -0.352 e. The number of hydrogen-bond donors (Lipinski definition) is 1. The van der Waals surface area contributed by atoms with Crippen LogP contribution in [0.25, 0.3) is 11.0 Å². The summed E-state index contributed by atoms with van der Waals surface area (Å²) in [7, 11) is 2.06. The number of H-pyrrole nitrogens is 1. The maximum Gasteiger partial charge on any atom is 0.142 e. The number of benzene rings is 1. The molecule has 0 radical (unpaired) electrons. The molecule has 1 unspecified atom stereocenters. The van der Waals surface area contributed by atoms with E-state index in [2.05, 4.69) is 58.1 Å².